The minimum atomic E-state index is -0.833. The molecule has 0 aromatic heterocycles. The van der Waals surface area contributed by atoms with Crippen LogP contribution in [0.2, 0.25) is 0 Å². The molecule has 3 aromatic carbocycles. The van der Waals surface area contributed by atoms with E-state index < -0.39 is 5.97 Å². The average molecular weight is 342 g/mol. The average Bonchev–Trinajstić information content (AvgIpc) is 2.58. The van der Waals surface area contributed by atoms with Gasteiger partial charge in [0.15, 0.2) is 0 Å². The predicted molar refractivity (Wildman–Crippen MR) is 97.6 cm³/mol. The van der Waals surface area contributed by atoms with E-state index in [0.717, 1.165) is 6.92 Å². The van der Waals surface area contributed by atoms with Gasteiger partial charge in [-0.25, -0.2) is 0 Å². The lowest BCUT2D eigenvalue weighted by atomic mass is 10.3. The van der Waals surface area contributed by atoms with Crippen molar-refractivity contribution in [1.82, 2.24) is 0 Å². The molecule has 0 aliphatic carbocycles. The molecule has 0 aliphatic heterocycles. The topological polar surface area (TPSA) is 98.0 Å². The van der Waals surface area contributed by atoms with E-state index in [-0.39, 0.29) is 0 Å². The number of phenolic OH excluding ortho intramolecular Hbond substituents is 3. The van der Waals surface area contributed by atoms with Gasteiger partial charge in [0.1, 0.15) is 17.2 Å². The molecule has 0 radical (unpaired) electrons. The Balaban J connectivity index is 0.000000314. The Labute approximate surface area is 147 Å². The molecular weight excluding hydrogens is 320 g/mol. The highest BCUT2D eigenvalue weighted by Gasteiger charge is 1.76. The van der Waals surface area contributed by atoms with Crippen molar-refractivity contribution in [2.75, 3.05) is 0 Å². The third kappa shape index (κ3) is 16.7. The second kappa shape index (κ2) is 14.1. The molecular formula is C20H22O5. The summed E-state index contributed by atoms with van der Waals surface area (Å²) in [6.07, 6.45) is 0. The number of benzene rings is 3. The smallest absolute Gasteiger partial charge is 0.300 e. The molecule has 3 rings (SSSR count). The van der Waals surface area contributed by atoms with E-state index in [1.54, 1.807) is 72.8 Å². The minimum Gasteiger partial charge on any atom is -0.508 e. The summed E-state index contributed by atoms with van der Waals surface area (Å²) in [5.74, 6) is 0.132. The molecule has 4 N–H and O–H groups in total. The van der Waals surface area contributed by atoms with Crippen molar-refractivity contribution in [3.8, 4) is 17.2 Å². The van der Waals surface area contributed by atoms with Gasteiger partial charge in [-0.3, -0.25) is 4.79 Å². The number of aromatic hydroxyl groups is 3. The van der Waals surface area contributed by atoms with E-state index in [0.29, 0.717) is 17.2 Å². The molecule has 5 heteroatoms. The number of hydrogen-bond donors (Lipinski definition) is 4. The molecule has 0 spiro atoms. The van der Waals surface area contributed by atoms with Crippen LogP contribution in [0.4, 0.5) is 0 Å². The summed E-state index contributed by atoms with van der Waals surface area (Å²) in [5, 5.41) is 33.3. The van der Waals surface area contributed by atoms with Crippen molar-refractivity contribution < 1.29 is 25.2 Å². The number of para-hydroxylation sites is 3. The SMILES string of the molecule is CC(=O)O.Oc1ccccc1.Oc1ccccc1.Oc1ccccc1. The van der Waals surface area contributed by atoms with Crippen LogP contribution in [-0.2, 0) is 4.79 Å². The van der Waals surface area contributed by atoms with Crippen molar-refractivity contribution in [2.45, 2.75) is 6.92 Å². The molecule has 25 heavy (non-hydrogen) atoms. The summed E-state index contributed by atoms with van der Waals surface area (Å²) >= 11 is 0. The van der Waals surface area contributed by atoms with Crippen LogP contribution >= 0.6 is 0 Å². The Kier molecular flexibility index (Phi) is 12.2. The fourth-order valence-electron chi connectivity index (χ4n) is 1.28. The molecule has 0 saturated carbocycles. The van der Waals surface area contributed by atoms with Gasteiger partial charge in [-0.15, -0.1) is 0 Å². The van der Waals surface area contributed by atoms with Crippen LogP contribution in [0.15, 0.2) is 91.0 Å². The van der Waals surface area contributed by atoms with Gasteiger partial charge < -0.3 is 20.4 Å². The largest absolute Gasteiger partial charge is 0.508 e. The third-order valence-corrected chi connectivity index (χ3v) is 2.27. The Morgan fingerprint density at radius 2 is 0.720 bits per heavy atom. The van der Waals surface area contributed by atoms with Gasteiger partial charge in [0.2, 0.25) is 0 Å². The fourth-order valence-corrected chi connectivity index (χ4v) is 1.28. The lowest BCUT2D eigenvalue weighted by Crippen LogP contribution is -1.78. The van der Waals surface area contributed by atoms with Crippen LogP contribution < -0.4 is 0 Å². The highest BCUT2D eigenvalue weighted by molar-refractivity contribution is 5.62. The van der Waals surface area contributed by atoms with Gasteiger partial charge in [0.05, 0.1) is 0 Å². The molecule has 0 aliphatic rings. The first-order chi connectivity index (χ1) is 11.9. The van der Waals surface area contributed by atoms with Crippen LogP contribution in [-0.4, -0.2) is 26.4 Å². The molecule has 0 atom stereocenters. The molecule has 0 unspecified atom stereocenters. The van der Waals surface area contributed by atoms with E-state index in [2.05, 4.69) is 0 Å². The Morgan fingerprint density at radius 3 is 0.800 bits per heavy atom. The lowest BCUT2D eigenvalue weighted by molar-refractivity contribution is -0.134. The van der Waals surface area contributed by atoms with Gasteiger partial charge >= 0.3 is 0 Å². The standard InChI is InChI=1S/3C6H6O.C2H4O2/c3*7-6-4-2-1-3-5-6;1-2(3)4/h3*1-5,7H;1H3,(H,3,4). The quantitative estimate of drug-likeness (QED) is 0.489. The summed E-state index contributed by atoms with van der Waals surface area (Å²) in [6, 6.07) is 26.1. The molecule has 3 aromatic rings. The van der Waals surface area contributed by atoms with Gasteiger partial charge in [-0.05, 0) is 36.4 Å². The maximum atomic E-state index is 9.00. The van der Waals surface area contributed by atoms with Crippen LogP contribution in [0.3, 0.4) is 0 Å². The number of phenols is 3. The van der Waals surface area contributed by atoms with Crippen molar-refractivity contribution in [2.24, 2.45) is 0 Å². The molecule has 0 saturated heterocycles. The number of carboxylic acid groups (broad SMARTS) is 1. The number of rotatable bonds is 0. The number of aliphatic carboxylic acids is 1. The highest BCUT2D eigenvalue weighted by Crippen LogP contribution is 2.04. The Hall–Kier alpha value is -3.47. The van der Waals surface area contributed by atoms with Crippen LogP contribution in [0.25, 0.3) is 0 Å². The molecule has 132 valence electrons. The van der Waals surface area contributed by atoms with E-state index in [1.807, 2.05) is 18.2 Å². The zero-order valence-corrected chi connectivity index (χ0v) is 13.9. The first kappa shape index (κ1) is 21.5. The van der Waals surface area contributed by atoms with Crippen LogP contribution in [0.1, 0.15) is 6.92 Å². The van der Waals surface area contributed by atoms with Gasteiger partial charge in [0, 0.05) is 6.92 Å². The van der Waals surface area contributed by atoms with E-state index >= 15 is 0 Å². The highest BCUT2D eigenvalue weighted by atomic mass is 16.4. The van der Waals surface area contributed by atoms with Crippen molar-refractivity contribution in [1.29, 1.82) is 0 Å². The van der Waals surface area contributed by atoms with Gasteiger partial charge in [-0.2, -0.15) is 0 Å². The second-order valence-corrected chi connectivity index (χ2v) is 4.53. The first-order valence-electron chi connectivity index (χ1n) is 7.33. The van der Waals surface area contributed by atoms with Crippen molar-refractivity contribution in [3.63, 3.8) is 0 Å². The zero-order valence-electron chi connectivity index (χ0n) is 13.9. The Bertz CT molecular complexity index is 577. The number of carboxylic acids is 1. The summed E-state index contributed by atoms with van der Waals surface area (Å²) < 4.78 is 0. The summed E-state index contributed by atoms with van der Waals surface area (Å²) in [5.41, 5.74) is 0. The molecule has 0 fully saturated rings. The van der Waals surface area contributed by atoms with E-state index in [4.69, 9.17) is 25.2 Å². The first-order valence-corrected chi connectivity index (χ1v) is 7.33. The minimum absolute atomic E-state index is 0.322. The fraction of sp³-hybridized carbons (Fsp3) is 0.0500. The second-order valence-electron chi connectivity index (χ2n) is 4.53. The Morgan fingerprint density at radius 1 is 0.560 bits per heavy atom. The molecule has 0 heterocycles. The number of hydrogen-bond acceptors (Lipinski definition) is 4. The number of carbonyl (C=O) groups is 1. The predicted octanol–water partition coefficient (Wildman–Crippen LogP) is 4.27. The molecule has 5 nitrogen and oxygen atoms in total. The third-order valence-electron chi connectivity index (χ3n) is 2.27. The van der Waals surface area contributed by atoms with E-state index in [1.165, 1.54) is 0 Å². The van der Waals surface area contributed by atoms with Crippen LogP contribution in [0.5, 0.6) is 17.2 Å². The van der Waals surface area contributed by atoms with Gasteiger partial charge in [-0.1, -0.05) is 54.6 Å². The summed E-state index contributed by atoms with van der Waals surface area (Å²) in [7, 11) is 0. The zero-order chi connectivity index (χ0) is 18.9. The normalized spacial score (nSPS) is 8.20. The summed E-state index contributed by atoms with van der Waals surface area (Å²) in [4.78, 5) is 9.00. The van der Waals surface area contributed by atoms with Crippen LogP contribution in [0, 0.1) is 0 Å². The molecule has 0 amide bonds. The maximum absolute atomic E-state index is 9.00. The monoisotopic (exact) mass is 342 g/mol. The van der Waals surface area contributed by atoms with Crippen molar-refractivity contribution in [3.05, 3.63) is 91.0 Å². The summed E-state index contributed by atoms with van der Waals surface area (Å²) in [6.45, 7) is 1.08. The molecule has 0 bridgehead atoms. The van der Waals surface area contributed by atoms with Crippen molar-refractivity contribution >= 4 is 5.97 Å². The lowest BCUT2D eigenvalue weighted by Gasteiger charge is -1.82. The maximum Gasteiger partial charge on any atom is 0.300 e. The van der Waals surface area contributed by atoms with E-state index in [9.17, 15) is 0 Å². The van der Waals surface area contributed by atoms with Gasteiger partial charge in [0.25, 0.3) is 5.97 Å².